The van der Waals surface area contributed by atoms with Gasteiger partial charge in [0.25, 0.3) is 11.8 Å². The molecule has 1 aliphatic carbocycles. The predicted octanol–water partition coefficient (Wildman–Crippen LogP) is 5.11. The van der Waals surface area contributed by atoms with Gasteiger partial charge in [0, 0.05) is 15.8 Å². The Hall–Kier alpha value is -2.86. The van der Waals surface area contributed by atoms with E-state index >= 15 is 0 Å². The molecule has 2 aliphatic heterocycles. The molecule has 5 nitrogen and oxygen atoms in total. The van der Waals surface area contributed by atoms with Gasteiger partial charge in [-0.3, -0.25) is 9.59 Å². The molecule has 3 aliphatic rings. The normalized spacial score (nSPS) is 20.9. The fourth-order valence-corrected chi connectivity index (χ4v) is 10.9. The molecule has 3 aromatic carbocycles. The van der Waals surface area contributed by atoms with Gasteiger partial charge in [-0.05, 0) is 49.6 Å². The minimum atomic E-state index is -1.17. The summed E-state index contributed by atoms with van der Waals surface area (Å²) in [6, 6.07) is 25.3. The van der Waals surface area contributed by atoms with Gasteiger partial charge in [0.1, 0.15) is 0 Å². The van der Waals surface area contributed by atoms with Gasteiger partial charge in [0.05, 0.1) is 28.2 Å². The molecule has 192 valence electrons. The third-order valence-corrected chi connectivity index (χ3v) is 12.8. The molecule has 2 heterocycles. The lowest BCUT2D eigenvalue weighted by Gasteiger charge is -2.33. The second-order valence-corrected chi connectivity index (χ2v) is 14.1. The number of fused-ring (bicyclic) bond motifs is 1. The molecular weight excluding hydrogens is 533 g/mol. The highest BCUT2D eigenvalue weighted by molar-refractivity contribution is 8.12. The number of amides is 2. The maximum atomic E-state index is 13.6. The van der Waals surface area contributed by atoms with Crippen LogP contribution >= 0.6 is 31.4 Å². The Morgan fingerprint density at radius 1 is 0.816 bits per heavy atom. The second-order valence-electron chi connectivity index (χ2n) is 9.40. The van der Waals surface area contributed by atoms with Gasteiger partial charge in [-0.25, -0.2) is 9.69 Å². The zero-order chi connectivity index (χ0) is 26.2. The Balaban J connectivity index is 1.45. The largest absolute Gasteiger partial charge is 0.465 e. The fraction of sp³-hybridized carbons (Fsp3) is 0.233. The quantitative estimate of drug-likeness (QED) is 0.246. The van der Waals surface area contributed by atoms with Gasteiger partial charge in [-0.1, -0.05) is 73.5 Å². The Kier molecular flexibility index (Phi) is 7.17. The van der Waals surface area contributed by atoms with Crippen LogP contribution in [-0.2, 0) is 14.3 Å². The van der Waals surface area contributed by atoms with Crippen molar-refractivity contribution in [3.05, 3.63) is 94.2 Å². The topological polar surface area (TPSA) is 63.7 Å². The number of carbonyl (C=O) groups excluding carboxylic acids is 3. The van der Waals surface area contributed by atoms with Gasteiger partial charge >= 0.3 is 5.97 Å². The van der Waals surface area contributed by atoms with E-state index < -0.39 is 13.9 Å². The first kappa shape index (κ1) is 25.4. The van der Waals surface area contributed by atoms with Crippen LogP contribution < -0.4 is 20.8 Å². The van der Waals surface area contributed by atoms with Crippen molar-refractivity contribution in [1.29, 1.82) is 0 Å². The van der Waals surface area contributed by atoms with E-state index in [4.69, 9.17) is 4.74 Å². The van der Waals surface area contributed by atoms with Crippen LogP contribution in [0.2, 0.25) is 0 Å². The number of ether oxygens (including phenoxy) is 1. The minimum absolute atomic E-state index is 0.257. The van der Waals surface area contributed by atoms with Gasteiger partial charge in [-0.2, -0.15) is 0 Å². The molecule has 0 saturated heterocycles. The van der Waals surface area contributed by atoms with Crippen LogP contribution in [0.25, 0.3) is 0 Å². The number of rotatable bonds is 5. The smallest absolute Gasteiger partial charge is 0.338 e. The lowest BCUT2D eigenvalue weighted by atomic mass is 10.00. The molecule has 0 aromatic heterocycles. The molecule has 0 bridgehead atoms. The second kappa shape index (κ2) is 10.7. The molecular formula is C30H26NO4PS2. The summed E-state index contributed by atoms with van der Waals surface area (Å²) in [4.78, 5) is 42.7. The number of anilines is 1. The molecule has 2 atom stereocenters. The van der Waals surface area contributed by atoms with E-state index in [1.807, 2.05) is 66.7 Å². The first-order valence-corrected chi connectivity index (χ1v) is 15.8. The van der Waals surface area contributed by atoms with Gasteiger partial charge < -0.3 is 4.74 Å². The molecule has 38 heavy (non-hydrogen) atoms. The van der Waals surface area contributed by atoms with Crippen molar-refractivity contribution in [3.63, 3.8) is 0 Å². The lowest BCUT2D eigenvalue weighted by molar-refractivity contribution is -0.120. The van der Waals surface area contributed by atoms with E-state index in [0.717, 1.165) is 28.8 Å². The number of nitrogens with zero attached hydrogens (tertiary/aromatic N) is 1. The van der Waals surface area contributed by atoms with E-state index in [1.54, 1.807) is 35.7 Å². The third-order valence-electron chi connectivity index (χ3n) is 7.10. The minimum Gasteiger partial charge on any atom is -0.465 e. The molecule has 0 radical (unpaired) electrons. The van der Waals surface area contributed by atoms with Crippen LogP contribution in [0.4, 0.5) is 5.69 Å². The first-order chi connectivity index (χ1) is 18.6. The van der Waals surface area contributed by atoms with Crippen molar-refractivity contribution < 1.29 is 19.1 Å². The lowest BCUT2D eigenvalue weighted by Crippen LogP contribution is -2.33. The van der Waals surface area contributed by atoms with E-state index in [2.05, 4.69) is 0 Å². The molecule has 0 N–H and O–H groups in total. The van der Waals surface area contributed by atoms with Crippen molar-refractivity contribution in [2.75, 3.05) is 12.0 Å². The number of hydrogen-bond donors (Lipinski definition) is 0. The third kappa shape index (κ3) is 4.51. The molecule has 0 spiro atoms. The molecule has 3 aromatic rings. The molecule has 2 amide bonds. The van der Waals surface area contributed by atoms with Crippen molar-refractivity contribution in [2.45, 2.75) is 36.2 Å². The number of hydrogen-bond acceptors (Lipinski definition) is 6. The number of thioether (sulfide) groups is 2. The number of carbonyl (C=O) groups is 3. The van der Waals surface area contributed by atoms with Crippen LogP contribution in [-0.4, -0.2) is 35.4 Å². The van der Waals surface area contributed by atoms with Crippen molar-refractivity contribution in [1.82, 2.24) is 0 Å². The van der Waals surface area contributed by atoms with E-state index in [0.29, 0.717) is 31.6 Å². The van der Waals surface area contributed by atoms with Gasteiger partial charge in [0.15, 0.2) is 0 Å². The fourth-order valence-electron chi connectivity index (χ4n) is 5.28. The summed E-state index contributed by atoms with van der Waals surface area (Å²) in [6.07, 6.45) is 4.50. The molecule has 6 rings (SSSR count). The van der Waals surface area contributed by atoms with Crippen LogP contribution in [0, 0.1) is 0 Å². The summed E-state index contributed by atoms with van der Waals surface area (Å²) < 4.78 is 5.15. The maximum absolute atomic E-state index is 13.6. The van der Waals surface area contributed by atoms with Crippen LogP contribution in [0.1, 0.15) is 36.0 Å². The molecule has 2 unspecified atom stereocenters. The Bertz CT molecular complexity index is 1370. The Morgan fingerprint density at radius 2 is 1.34 bits per heavy atom. The van der Waals surface area contributed by atoms with Gasteiger partial charge in [-0.15, -0.1) is 23.5 Å². The average Bonchev–Trinajstić information content (AvgIpc) is 3.21. The standard InChI is InChI=1S/C30H26NO4PS2/c1-35-30(34)22-17-16-19(18-23(22)36(20-10-4-2-5-11-20)21-12-6-3-7-13-21)31-28(32)26-27(29(31)33)38-25-15-9-8-14-24(25)37-26/h2-7,10-13,16-18,24-25H,8-9,14-15H2,1H3. The monoisotopic (exact) mass is 559 g/mol. The van der Waals surface area contributed by atoms with Crippen LogP contribution in [0.3, 0.4) is 0 Å². The van der Waals surface area contributed by atoms with E-state index in [1.165, 1.54) is 24.9 Å². The number of benzene rings is 3. The van der Waals surface area contributed by atoms with E-state index in [9.17, 15) is 14.4 Å². The highest BCUT2D eigenvalue weighted by atomic mass is 32.2. The molecule has 8 heteroatoms. The number of imide groups is 1. The van der Waals surface area contributed by atoms with Crippen LogP contribution in [0.15, 0.2) is 88.7 Å². The summed E-state index contributed by atoms with van der Waals surface area (Å²) in [5.41, 5.74) is 0.919. The van der Waals surface area contributed by atoms with E-state index in [-0.39, 0.29) is 11.8 Å². The summed E-state index contributed by atoms with van der Waals surface area (Å²) >= 11 is 3.18. The Labute approximate surface area is 231 Å². The maximum Gasteiger partial charge on any atom is 0.338 e. The predicted molar refractivity (Wildman–Crippen MR) is 157 cm³/mol. The Morgan fingerprint density at radius 3 is 1.84 bits per heavy atom. The number of methoxy groups -OCH3 is 1. The zero-order valence-electron chi connectivity index (χ0n) is 20.8. The summed E-state index contributed by atoms with van der Waals surface area (Å²) in [6.45, 7) is 0. The van der Waals surface area contributed by atoms with Gasteiger partial charge in [0.2, 0.25) is 0 Å². The molecule has 1 fully saturated rings. The highest BCUT2D eigenvalue weighted by Gasteiger charge is 2.47. The summed E-state index contributed by atoms with van der Waals surface area (Å²) in [5.74, 6) is -0.961. The summed E-state index contributed by atoms with van der Waals surface area (Å²) in [5, 5.41) is 3.63. The highest BCUT2D eigenvalue weighted by Crippen LogP contribution is 2.52. The van der Waals surface area contributed by atoms with Crippen LogP contribution in [0.5, 0.6) is 0 Å². The molecule has 1 saturated carbocycles. The summed E-state index contributed by atoms with van der Waals surface area (Å²) in [7, 11) is 0.201. The first-order valence-electron chi connectivity index (χ1n) is 12.7. The average molecular weight is 560 g/mol. The van der Waals surface area contributed by atoms with Crippen molar-refractivity contribution in [3.8, 4) is 0 Å². The van der Waals surface area contributed by atoms with Crippen molar-refractivity contribution in [2.24, 2.45) is 0 Å². The number of esters is 1. The zero-order valence-corrected chi connectivity index (χ0v) is 23.4. The SMILES string of the molecule is COC(=O)c1ccc(N2C(=O)C3=C(SC4CCCCC4S3)C2=O)cc1P(c1ccccc1)c1ccccc1. The van der Waals surface area contributed by atoms with Crippen molar-refractivity contribution >= 4 is 70.8 Å².